The first kappa shape index (κ1) is 10.7. The highest BCUT2D eigenvalue weighted by Gasteiger charge is 2.21. The van der Waals surface area contributed by atoms with E-state index in [-0.39, 0.29) is 5.91 Å². The Morgan fingerprint density at radius 1 is 1.53 bits per heavy atom. The van der Waals surface area contributed by atoms with Crippen LogP contribution in [0.2, 0.25) is 0 Å². The maximum Gasteiger partial charge on any atom is 0.274 e. The van der Waals surface area contributed by atoms with Crippen LogP contribution in [0.15, 0.2) is 24.5 Å². The third-order valence-electron chi connectivity index (χ3n) is 2.87. The number of imidazole rings is 1. The molecular weight excluding hydrogens is 234 g/mol. The van der Waals surface area contributed by atoms with Crippen molar-refractivity contribution in [1.82, 2.24) is 14.3 Å². The molecule has 0 radical (unpaired) electrons. The molecule has 0 saturated carbocycles. The van der Waals surface area contributed by atoms with Crippen LogP contribution in [-0.4, -0.2) is 38.4 Å². The molecule has 3 rings (SSSR count). The SMILES string of the molecule is Cc1ccn2cc(C(=O)N3CCSC3)nc2c1. The zero-order valence-corrected chi connectivity index (χ0v) is 10.4. The minimum absolute atomic E-state index is 0.0383. The Morgan fingerprint density at radius 3 is 3.18 bits per heavy atom. The quantitative estimate of drug-likeness (QED) is 0.771. The Labute approximate surface area is 104 Å². The molecule has 0 spiro atoms. The molecule has 0 unspecified atom stereocenters. The van der Waals surface area contributed by atoms with E-state index in [1.807, 2.05) is 34.6 Å². The van der Waals surface area contributed by atoms with Crippen LogP contribution in [0.25, 0.3) is 5.65 Å². The van der Waals surface area contributed by atoms with Crippen LogP contribution in [-0.2, 0) is 0 Å². The number of hydrogen-bond donors (Lipinski definition) is 0. The third-order valence-corrected chi connectivity index (χ3v) is 3.84. The minimum Gasteiger partial charge on any atom is -0.327 e. The van der Waals surface area contributed by atoms with E-state index in [2.05, 4.69) is 4.98 Å². The number of amides is 1. The van der Waals surface area contributed by atoms with Crippen LogP contribution in [0.3, 0.4) is 0 Å². The smallest absolute Gasteiger partial charge is 0.274 e. The number of rotatable bonds is 1. The number of thioether (sulfide) groups is 1. The monoisotopic (exact) mass is 247 g/mol. The van der Waals surface area contributed by atoms with Crippen LogP contribution in [0.4, 0.5) is 0 Å². The summed E-state index contributed by atoms with van der Waals surface area (Å²) in [6.07, 6.45) is 3.74. The van der Waals surface area contributed by atoms with Crippen molar-refractivity contribution in [3.8, 4) is 0 Å². The molecule has 2 aromatic heterocycles. The molecule has 0 atom stereocenters. The number of carbonyl (C=O) groups excluding carboxylic acids is 1. The third kappa shape index (κ3) is 1.91. The number of aromatic nitrogens is 2. The normalized spacial score (nSPS) is 15.7. The van der Waals surface area contributed by atoms with Crippen LogP contribution < -0.4 is 0 Å². The Kier molecular flexibility index (Phi) is 2.55. The predicted molar refractivity (Wildman–Crippen MR) is 68.3 cm³/mol. The molecule has 1 aliphatic heterocycles. The Balaban J connectivity index is 1.97. The number of fused-ring (bicyclic) bond motifs is 1. The van der Waals surface area contributed by atoms with Crippen molar-refractivity contribution in [3.63, 3.8) is 0 Å². The molecule has 88 valence electrons. The Hall–Kier alpha value is -1.49. The van der Waals surface area contributed by atoms with Gasteiger partial charge in [-0.1, -0.05) is 0 Å². The zero-order chi connectivity index (χ0) is 11.8. The van der Waals surface area contributed by atoms with E-state index < -0.39 is 0 Å². The van der Waals surface area contributed by atoms with Crippen LogP contribution >= 0.6 is 11.8 Å². The molecule has 0 N–H and O–H groups in total. The van der Waals surface area contributed by atoms with E-state index in [1.54, 1.807) is 18.0 Å². The van der Waals surface area contributed by atoms with Gasteiger partial charge in [-0.2, -0.15) is 0 Å². The van der Waals surface area contributed by atoms with Crippen LogP contribution in [0.1, 0.15) is 16.1 Å². The lowest BCUT2D eigenvalue weighted by Crippen LogP contribution is -2.27. The van der Waals surface area contributed by atoms with E-state index in [9.17, 15) is 4.79 Å². The first-order chi connectivity index (χ1) is 8.24. The highest BCUT2D eigenvalue weighted by atomic mass is 32.2. The Bertz CT molecular complexity index is 572. The number of nitrogens with zero attached hydrogens (tertiary/aromatic N) is 3. The van der Waals surface area contributed by atoms with Gasteiger partial charge in [0.1, 0.15) is 11.3 Å². The second kappa shape index (κ2) is 4.07. The average molecular weight is 247 g/mol. The standard InChI is InChI=1S/C12H13N3OS/c1-9-2-3-14-7-10(13-11(14)6-9)12(16)15-4-5-17-8-15/h2-3,6-7H,4-5,8H2,1H3. The number of aryl methyl sites for hydroxylation is 1. The van der Waals surface area contributed by atoms with E-state index >= 15 is 0 Å². The number of pyridine rings is 1. The van der Waals surface area contributed by atoms with Gasteiger partial charge in [0.2, 0.25) is 0 Å². The van der Waals surface area contributed by atoms with E-state index in [0.29, 0.717) is 5.69 Å². The topological polar surface area (TPSA) is 37.6 Å². The first-order valence-electron chi connectivity index (χ1n) is 5.56. The highest BCUT2D eigenvalue weighted by molar-refractivity contribution is 7.99. The van der Waals surface area contributed by atoms with Gasteiger partial charge < -0.3 is 9.30 Å². The minimum atomic E-state index is 0.0383. The molecule has 2 aromatic rings. The van der Waals surface area contributed by atoms with Gasteiger partial charge in [0.25, 0.3) is 5.91 Å². The van der Waals surface area contributed by atoms with Gasteiger partial charge in [-0.15, -0.1) is 11.8 Å². The summed E-state index contributed by atoms with van der Waals surface area (Å²) in [5.74, 6) is 1.85. The van der Waals surface area contributed by atoms with Crippen molar-refractivity contribution < 1.29 is 4.79 Å². The number of hydrogen-bond acceptors (Lipinski definition) is 3. The molecule has 0 bridgehead atoms. The van der Waals surface area contributed by atoms with Gasteiger partial charge in [0.05, 0.1) is 5.88 Å². The van der Waals surface area contributed by atoms with Gasteiger partial charge in [0.15, 0.2) is 0 Å². The molecule has 3 heterocycles. The first-order valence-corrected chi connectivity index (χ1v) is 6.72. The van der Waals surface area contributed by atoms with Crippen molar-refractivity contribution >= 4 is 23.3 Å². The van der Waals surface area contributed by atoms with Gasteiger partial charge in [-0.05, 0) is 24.6 Å². The average Bonchev–Trinajstić information content (AvgIpc) is 2.96. The van der Waals surface area contributed by atoms with Crippen molar-refractivity contribution in [2.24, 2.45) is 0 Å². The summed E-state index contributed by atoms with van der Waals surface area (Å²) in [5.41, 5.74) is 2.53. The van der Waals surface area contributed by atoms with Gasteiger partial charge in [-0.3, -0.25) is 4.79 Å². The molecule has 0 aliphatic carbocycles. The molecule has 1 aliphatic rings. The largest absolute Gasteiger partial charge is 0.327 e. The molecule has 4 nitrogen and oxygen atoms in total. The maximum atomic E-state index is 12.1. The zero-order valence-electron chi connectivity index (χ0n) is 9.59. The summed E-state index contributed by atoms with van der Waals surface area (Å²) in [7, 11) is 0. The fourth-order valence-corrected chi connectivity index (χ4v) is 2.87. The summed E-state index contributed by atoms with van der Waals surface area (Å²) in [6.45, 7) is 2.85. The fourth-order valence-electron chi connectivity index (χ4n) is 1.92. The van der Waals surface area contributed by atoms with Crippen LogP contribution in [0, 0.1) is 6.92 Å². The van der Waals surface area contributed by atoms with Gasteiger partial charge >= 0.3 is 0 Å². The lowest BCUT2D eigenvalue weighted by molar-refractivity contribution is 0.0797. The Morgan fingerprint density at radius 2 is 2.41 bits per heavy atom. The number of carbonyl (C=O) groups is 1. The second-order valence-electron chi connectivity index (χ2n) is 4.20. The molecular formula is C12H13N3OS. The summed E-state index contributed by atoms with van der Waals surface area (Å²) >= 11 is 1.79. The molecule has 5 heteroatoms. The summed E-state index contributed by atoms with van der Waals surface area (Å²) in [5, 5.41) is 0. The van der Waals surface area contributed by atoms with Gasteiger partial charge in [0, 0.05) is 24.7 Å². The molecule has 17 heavy (non-hydrogen) atoms. The molecule has 1 saturated heterocycles. The predicted octanol–water partition coefficient (Wildman–Crippen LogP) is 1.79. The van der Waals surface area contributed by atoms with Crippen molar-refractivity contribution in [1.29, 1.82) is 0 Å². The van der Waals surface area contributed by atoms with Crippen molar-refractivity contribution in [2.75, 3.05) is 18.2 Å². The van der Waals surface area contributed by atoms with E-state index in [0.717, 1.165) is 29.4 Å². The van der Waals surface area contributed by atoms with Gasteiger partial charge in [-0.25, -0.2) is 4.98 Å². The maximum absolute atomic E-state index is 12.1. The second-order valence-corrected chi connectivity index (χ2v) is 5.28. The highest BCUT2D eigenvalue weighted by Crippen LogP contribution is 2.17. The van der Waals surface area contributed by atoms with E-state index in [1.165, 1.54) is 0 Å². The van der Waals surface area contributed by atoms with Crippen LogP contribution in [0.5, 0.6) is 0 Å². The summed E-state index contributed by atoms with van der Waals surface area (Å²) < 4.78 is 1.89. The molecule has 1 fully saturated rings. The molecule has 0 aromatic carbocycles. The van der Waals surface area contributed by atoms with Crippen molar-refractivity contribution in [2.45, 2.75) is 6.92 Å². The fraction of sp³-hybridized carbons (Fsp3) is 0.333. The lowest BCUT2D eigenvalue weighted by atomic mass is 10.3. The summed E-state index contributed by atoms with van der Waals surface area (Å²) in [6, 6.07) is 3.99. The summed E-state index contributed by atoms with van der Waals surface area (Å²) in [4.78, 5) is 18.4. The lowest BCUT2D eigenvalue weighted by Gasteiger charge is -2.11. The van der Waals surface area contributed by atoms with Crippen molar-refractivity contribution in [3.05, 3.63) is 35.8 Å². The van der Waals surface area contributed by atoms with E-state index in [4.69, 9.17) is 0 Å². The molecule has 1 amide bonds.